The average Bonchev–Trinajstić information content (AvgIpc) is 3.85. The van der Waals surface area contributed by atoms with Crippen LogP contribution in [0.4, 0.5) is 5.00 Å². The summed E-state index contributed by atoms with van der Waals surface area (Å²) >= 11 is 0.971. The van der Waals surface area contributed by atoms with Crippen molar-refractivity contribution in [2.75, 3.05) is 11.9 Å². The number of aliphatic carboxylic acids is 7. The van der Waals surface area contributed by atoms with Crippen molar-refractivity contribution in [2.24, 2.45) is 0 Å². The molecule has 30 nitrogen and oxygen atoms in total. The van der Waals surface area contributed by atoms with E-state index < -0.39 is 191 Å². The number of aryl methyl sites for hydroxylation is 1. The highest BCUT2D eigenvalue weighted by Crippen LogP contribution is 2.27. The van der Waals surface area contributed by atoms with Gasteiger partial charge in [0, 0.05) is 52.1 Å². The lowest BCUT2D eigenvalue weighted by molar-refractivity contribution is -0.144. The number of hydrogen-bond acceptors (Lipinski definition) is 17. The Kier molecular flexibility index (Phi) is 24.1. The molecule has 0 fully saturated rings. The number of nitrogens with zero attached hydrogens (tertiary/aromatic N) is 2. The molecule has 0 spiro atoms. The summed E-state index contributed by atoms with van der Waals surface area (Å²) in [4.78, 5) is 184. The van der Waals surface area contributed by atoms with Crippen LogP contribution in [0, 0.1) is 6.92 Å². The number of benzene rings is 1. The Morgan fingerprint density at radius 3 is 1.23 bits per heavy atom. The Bertz CT molecular complexity index is 2800. The molecule has 418 valence electrons. The number of fused-ring (bicyclic) bond motifs is 1. The second-order valence-electron chi connectivity index (χ2n) is 17.3. The van der Waals surface area contributed by atoms with Crippen LogP contribution in [0.25, 0.3) is 10.9 Å². The summed E-state index contributed by atoms with van der Waals surface area (Å²) in [6.45, 7) is 1.91. The van der Waals surface area contributed by atoms with E-state index in [1.165, 1.54) is 6.07 Å². The van der Waals surface area contributed by atoms with Gasteiger partial charge < -0.3 is 77.5 Å². The van der Waals surface area contributed by atoms with Gasteiger partial charge in [0.05, 0.1) is 20.8 Å². The molecule has 0 unspecified atom stereocenters. The monoisotopic (exact) mass is 1100 g/mol. The topological polar surface area (TPSA) is 485 Å². The average molecular weight is 1100 g/mol. The standard InChI is InChI=1S/C46H57N9O21S/c1-21-47-24-4-3-22(19-23(24)39(68)48-21)20-55(2)32-12-11-31(77-32)45(74)53-29(9-17-37(64)65)43(72)51-27(7-15-35(60)61)41(70)49-25(5-13-33(56)57)40(69)50-26(6-14-34(58)59)42(71)52-28(8-16-36(62)63)44(73)54-30(46(75)76)10-18-38(66)67/h3-4,11-12,19,25-30H,5-10,13-18,20H2,1-2H3,(H,49,70)(H,50,69)(H,51,72)(H,52,71)(H,53,74)(H,54,73)(H,56,57)(H,58,59)(H,60,61)(H,62,63)(H,64,65)(H,66,67)(H,75,76)(H,47,48,68)/t25-,26-,27-,28-,29-,30-/m0/s1. The number of hydrogen-bond donors (Lipinski definition) is 14. The van der Waals surface area contributed by atoms with E-state index in [9.17, 15) is 97.8 Å². The lowest BCUT2D eigenvalue weighted by Gasteiger charge is -2.27. The first-order valence-corrected chi connectivity index (χ1v) is 24.1. The van der Waals surface area contributed by atoms with Crippen LogP contribution in [0.15, 0.2) is 35.1 Å². The first kappa shape index (κ1) is 62.3. The van der Waals surface area contributed by atoms with Crippen LogP contribution in [-0.4, -0.2) is 166 Å². The molecule has 0 saturated heterocycles. The molecule has 0 radical (unpaired) electrons. The number of anilines is 1. The molecule has 6 amide bonds. The maximum Gasteiger partial charge on any atom is 0.326 e. The molecular weight excluding hydrogens is 1050 g/mol. The molecule has 2 aromatic heterocycles. The maximum absolute atomic E-state index is 13.9. The van der Waals surface area contributed by atoms with E-state index in [1.54, 1.807) is 43.1 Å². The second-order valence-corrected chi connectivity index (χ2v) is 18.3. The summed E-state index contributed by atoms with van der Waals surface area (Å²) in [5.74, 6) is -17.6. The van der Waals surface area contributed by atoms with Gasteiger partial charge in [0.2, 0.25) is 29.5 Å². The number of amides is 6. The van der Waals surface area contributed by atoms with Crippen molar-refractivity contribution in [3.63, 3.8) is 0 Å². The normalized spacial score (nSPS) is 13.2. The van der Waals surface area contributed by atoms with Crippen LogP contribution in [0.2, 0.25) is 0 Å². The third-order valence-corrected chi connectivity index (χ3v) is 12.3. The quantitative estimate of drug-likeness (QED) is 0.0331. The summed E-state index contributed by atoms with van der Waals surface area (Å²) in [5.41, 5.74) is 0.871. The lowest BCUT2D eigenvalue weighted by atomic mass is 10.0. The highest BCUT2D eigenvalue weighted by Gasteiger charge is 2.35. The van der Waals surface area contributed by atoms with E-state index in [4.69, 9.17) is 5.11 Å². The van der Waals surface area contributed by atoms with Crippen molar-refractivity contribution in [1.29, 1.82) is 0 Å². The first-order valence-electron chi connectivity index (χ1n) is 23.3. The van der Waals surface area contributed by atoms with E-state index in [0.29, 0.717) is 21.7 Å². The Morgan fingerprint density at radius 1 is 0.519 bits per heavy atom. The Labute approximate surface area is 439 Å². The summed E-state index contributed by atoms with van der Waals surface area (Å²) < 4.78 is 0. The fraction of sp³-hybridized carbons (Fsp3) is 0.457. The third-order valence-electron chi connectivity index (χ3n) is 11.1. The smallest absolute Gasteiger partial charge is 0.326 e. The van der Waals surface area contributed by atoms with Crippen LogP contribution in [0.5, 0.6) is 0 Å². The zero-order chi connectivity index (χ0) is 57.7. The van der Waals surface area contributed by atoms with Crippen molar-refractivity contribution in [3.8, 4) is 0 Å². The highest BCUT2D eigenvalue weighted by molar-refractivity contribution is 7.18. The summed E-state index contributed by atoms with van der Waals surface area (Å²) in [6, 6.07) is -3.17. The number of thiophene rings is 1. The molecule has 1 aromatic carbocycles. The Morgan fingerprint density at radius 2 is 0.870 bits per heavy atom. The van der Waals surface area contributed by atoms with E-state index in [1.807, 2.05) is 5.32 Å². The number of carbonyl (C=O) groups is 13. The van der Waals surface area contributed by atoms with Gasteiger partial charge in [0.1, 0.15) is 42.1 Å². The van der Waals surface area contributed by atoms with E-state index >= 15 is 0 Å². The van der Waals surface area contributed by atoms with Crippen LogP contribution in [0.3, 0.4) is 0 Å². The van der Waals surface area contributed by atoms with Crippen LogP contribution >= 0.6 is 11.3 Å². The van der Waals surface area contributed by atoms with Crippen molar-refractivity contribution in [1.82, 2.24) is 41.9 Å². The van der Waals surface area contributed by atoms with E-state index in [2.05, 4.69) is 36.6 Å². The van der Waals surface area contributed by atoms with Crippen molar-refractivity contribution < 1.29 is 98.1 Å². The van der Waals surface area contributed by atoms with Crippen LogP contribution < -0.4 is 42.4 Å². The van der Waals surface area contributed by atoms with Crippen LogP contribution in [-0.2, 0) is 64.1 Å². The van der Waals surface area contributed by atoms with Crippen molar-refractivity contribution >= 4 is 104 Å². The minimum atomic E-state index is -1.97. The van der Waals surface area contributed by atoms with Crippen LogP contribution in [0.1, 0.15) is 98.1 Å². The molecule has 14 N–H and O–H groups in total. The van der Waals surface area contributed by atoms with Gasteiger partial charge in [0.15, 0.2) is 0 Å². The van der Waals surface area contributed by atoms with E-state index in [0.717, 1.165) is 16.9 Å². The molecule has 0 aliphatic heterocycles. The van der Waals surface area contributed by atoms with Gasteiger partial charge in [-0.3, -0.25) is 62.3 Å². The highest BCUT2D eigenvalue weighted by atomic mass is 32.1. The van der Waals surface area contributed by atoms with Gasteiger partial charge in [-0.25, -0.2) is 9.78 Å². The first-order chi connectivity index (χ1) is 36.1. The zero-order valence-electron chi connectivity index (χ0n) is 41.2. The molecule has 3 rings (SSSR count). The van der Waals surface area contributed by atoms with Gasteiger partial charge >= 0.3 is 41.8 Å². The van der Waals surface area contributed by atoms with Gasteiger partial charge in [0.25, 0.3) is 11.5 Å². The number of aromatic amines is 1. The predicted molar refractivity (Wildman–Crippen MR) is 263 cm³/mol. The molecule has 0 saturated carbocycles. The lowest BCUT2D eigenvalue weighted by Crippen LogP contribution is -2.59. The molecule has 0 aliphatic rings. The minimum absolute atomic E-state index is 0.0382. The van der Waals surface area contributed by atoms with Gasteiger partial charge in [-0.15, -0.1) is 11.3 Å². The Balaban J connectivity index is 1.87. The molecular formula is C46H57N9O21S. The summed E-state index contributed by atoms with van der Waals surface area (Å²) in [5, 5.41) is 79.5. The van der Waals surface area contributed by atoms with Gasteiger partial charge in [-0.1, -0.05) is 6.07 Å². The van der Waals surface area contributed by atoms with Crippen molar-refractivity contribution in [3.05, 3.63) is 57.0 Å². The third kappa shape index (κ3) is 21.4. The number of rotatable bonds is 34. The summed E-state index contributed by atoms with van der Waals surface area (Å²) in [7, 11) is 1.70. The maximum atomic E-state index is 13.9. The number of carboxylic acids is 7. The van der Waals surface area contributed by atoms with Gasteiger partial charge in [-0.05, 0) is 75.3 Å². The fourth-order valence-corrected chi connectivity index (χ4v) is 8.08. The molecule has 6 atom stereocenters. The summed E-state index contributed by atoms with van der Waals surface area (Å²) in [6.07, 6.45) is -9.02. The van der Waals surface area contributed by atoms with Gasteiger partial charge in [-0.2, -0.15) is 0 Å². The number of carbonyl (C=O) groups excluding carboxylic acids is 6. The zero-order valence-corrected chi connectivity index (χ0v) is 42.0. The minimum Gasteiger partial charge on any atom is -0.481 e. The van der Waals surface area contributed by atoms with Crippen molar-refractivity contribution in [2.45, 2.75) is 127 Å². The molecule has 31 heteroatoms. The molecule has 0 aliphatic carbocycles. The number of carboxylic acid groups (broad SMARTS) is 7. The molecule has 2 heterocycles. The molecule has 0 bridgehead atoms. The van der Waals surface area contributed by atoms with E-state index in [-0.39, 0.29) is 17.0 Å². The second kappa shape index (κ2) is 29.8. The number of H-pyrrole nitrogens is 1. The SMILES string of the molecule is Cc1nc2ccc(CN(C)c3ccc(C(=O)N[C@@H](CCC(=O)O)C(=O)N[C@@H](CCC(=O)O)C(=O)N[C@@H](CCC(=O)O)C(=O)N[C@@H](CCC(=O)O)C(=O)N[C@@H](CCC(=O)O)C(=O)N[C@@H](CCC(=O)O)C(=O)O)s3)cc2c(=O)[nH]1. The molecule has 77 heavy (non-hydrogen) atoms. The largest absolute Gasteiger partial charge is 0.481 e. The fourth-order valence-electron chi connectivity index (χ4n) is 7.21. The molecule has 3 aromatic rings. The number of nitrogens with one attached hydrogen (secondary N) is 7. The Hall–Kier alpha value is -9.03. The predicted octanol–water partition coefficient (Wildman–Crippen LogP) is -1.27. The number of aromatic nitrogens is 2.